The lowest BCUT2D eigenvalue weighted by Crippen LogP contribution is -2.50. The molecule has 3 nitrogen and oxygen atoms in total. The molecular formula is C16H23ClN2O. The largest absolute Gasteiger partial charge is 0.369 e. The minimum Gasteiger partial charge on any atom is -0.369 e. The number of carbonyl (C=O) groups is 1. The minimum absolute atomic E-state index is 0.0364. The highest BCUT2D eigenvalue weighted by atomic mass is 35.5. The molecule has 0 bridgehead atoms. The van der Waals surface area contributed by atoms with Gasteiger partial charge in [0.15, 0.2) is 0 Å². The van der Waals surface area contributed by atoms with Crippen LogP contribution >= 0.6 is 11.6 Å². The molecule has 1 aromatic rings. The van der Waals surface area contributed by atoms with Gasteiger partial charge in [-0.05, 0) is 57.8 Å². The maximum absolute atomic E-state index is 11.3. The van der Waals surface area contributed by atoms with Crippen LogP contribution in [0.2, 0.25) is 5.02 Å². The van der Waals surface area contributed by atoms with E-state index in [9.17, 15) is 4.79 Å². The predicted molar refractivity (Wildman–Crippen MR) is 82.7 cm³/mol. The van der Waals surface area contributed by atoms with Crippen LogP contribution in [0.5, 0.6) is 0 Å². The molecule has 0 radical (unpaired) electrons. The first-order chi connectivity index (χ1) is 9.44. The molecule has 1 aliphatic carbocycles. The number of carbonyl (C=O) groups excluding carboxylic acids is 1. The van der Waals surface area contributed by atoms with Crippen molar-refractivity contribution in [2.75, 3.05) is 14.1 Å². The molecule has 0 spiro atoms. The van der Waals surface area contributed by atoms with Crippen LogP contribution in [0.4, 0.5) is 0 Å². The number of likely N-dealkylation sites (N-methyl/N-ethyl adjacent to an activating group) is 1. The first-order valence-electron chi connectivity index (χ1n) is 7.15. The monoisotopic (exact) mass is 294 g/mol. The molecule has 0 heterocycles. The van der Waals surface area contributed by atoms with Gasteiger partial charge in [0.1, 0.15) is 0 Å². The summed E-state index contributed by atoms with van der Waals surface area (Å²) in [4.78, 5) is 13.6. The van der Waals surface area contributed by atoms with Crippen LogP contribution in [0.15, 0.2) is 24.3 Å². The summed E-state index contributed by atoms with van der Waals surface area (Å²) >= 11 is 6.30. The Morgan fingerprint density at radius 1 is 1.35 bits per heavy atom. The molecule has 0 atom stereocenters. The van der Waals surface area contributed by atoms with Crippen molar-refractivity contribution in [3.8, 4) is 0 Å². The average molecular weight is 295 g/mol. The van der Waals surface area contributed by atoms with Crippen molar-refractivity contribution in [3.63, 3.8) is 0 Å². The molecule has 20 heavy (non-hydrogen) atoms. The van der Waals surface area contributed by atoms with E-state index in [-0.39, 0.29) is 17.4 Å². The number of hydrogen-bond donors (Lipinski definition) is 1. The molecule has 2 rings (SSSR count). The Kier molecular flexibility index (Phi) is 4.71. The van der Waals surface area contributed by atoms with Crippen molar-refractivity contribution in [3.05, 3.63) is 34.9 Å². The molecular weight excluding hydrogens is 272 g/mol. The maximum Gasteiger partial charge on any atom is 0.220 e. The molecule has 110 valence electrons. The number of nitrogens with zero attached hydrogens (tertiary/aromatic N) is 1. The number of halogens is 1. The number of nitrogens with two attached hydrogens (primary N) is 1. The minimum atomic E-state index is -0.157. The Labute approximate surface area is 126 Å². The highest BCUT2D eigenvalue weighted by Crippen LogP contribution is 2.38. The van der Waals surface area contributed by atoms with Crippen molar-refractivity contribution >= 4 is 17.5 Å². The molecule has 1 aromatic carbocycles. The van der Waals surface area contributed by atoms with Gasteiger partial charge in [0, 0.05) is 16.5 Å². The van der Waals surface area contributed by atoms with Crippen molar-refractivity contribution in [1.29, 1.82) is 0 Å². The Balaban J connectivity index is 2.16. The summed E-state index contributed by atoms with van der Waals surface area (Å²) in [5.41, 5.74) is 6.70. The van der Waals surface area contributed by atoms with E-state index in [1.165, 1.54) is 5.56 Å². The fourth-order valence-electron chi connectivity index (χ4n) is 3.22. The standard InChI is InChI=1S/C16H23ClN2O/c1-19(2)16(9-7-12(8-10-16)15(18)20)11-13-5-3-4-6-14(13)17/h3-6,12H,7-11H2,1-2H3,(H2,18,20). The Morgan fingerprint density at radius 3 is 2.45 bits per heavy atom. The summed E-state index contributed by atoms with van der Waals surface area (Å²) in [5.74, 6) is -0.121. The lowest BCUT2D eigenvalue weighted by atomic mass is 9.72. The quantitative estimate of drug-likeness (QED) is 0.928. The zero-order chi connectivity index (χ0) is 14.8. The molecule has 4 heteroatoms. The zero-order valence-electron chi connectivity index (χ0n) is 12.2. The van der Waals surface area contributed by atoms with Crippen molar-refractivity contribution in [2.45, 2.75) is 37.6 Å². The van der Waals surface area contributed by atoms with Crippen LogP contribution in [0.25, 0.3) is 0 Å². The van der Waals surface area contributed by atoms with E-state index < -0.39 is 0 Å². The van der Waals surface area contributed by atoms with Crippen LogP contribution < -0.4 is 5.73 Å². The smallest absolute Gasteiger partial charge is 0.220 e. The average Bonchev–Trinajstić information content (AvgIpc) is 2.42. The number of rotatable bonds is 4. The molecule has 1 fully saturated rings. The molecule has 0 aliphatic heterocycles. The van der Waals surface area contributed by atoms with Gasteiger partial charge in [0.2, 0.25) is 5.91 Å². The molecule has 1 amide bonds. The highest BCUT2D eigenvalue weighted by molar-refractivity contribution is 6.31. The topological polar surface area (TPSA) is 46.3 Å². The van der Waals surface area contributed by atoms with Gasteiger partial charge < -0.3 is 10.6 Å². The lowest BCUT2D eigenvalue weighted by Gasteiger charge is -2.45. The van der Waals surface area contributed by atoms with E-state index in [0.717, 1.165) is 37.1 Å². The fraction of sp³-hybridized carbons (Fsp3) is 0.562. The third-order valence-corrected chi connectivity index (χ3v) is 5.11. The van der Waals surface area contributed by atoms with E-state index in [4.69, 9.17) is 17.3 Å². The Hall–Kier alpha value is -1.06. The summed E-state index contributed by atoms with van der Waals surface area (Å²) in [6.45, 7) is 0. The molecule has 0 unspecified atom stereocenters. The first-order valence-corrected chi connectivity index (χ1v) is 7.52. The third kappa shape index (κ3) is 3.15. The van der Waals surface area contributed by atoms with Gasteiger partial charge in [-0.1, -0.05) is 29.8 Å². The summed E-state index contributed by atoms with van der Waals surface area (Å²) in [6.07, 6.45) is 4.64. The van der Waals surface area contributed by atoms with Crippen molar-refractivity contribution in [1.82, 2.24) is 4.90 Å². The zero-order valence-corrected chi connectivity index (χ0v) is 13.0. The van der Waals surface area contributed by atoms with Crippen LogP contribution in [0.3, 0.4) is 0 Å². The van der Waals surface area contributed by atoms with Gasteiger partial charge in [-0.15, -0.1) is 0 Å². The van der Waals surface area contributed by atoms with Crippen LogP contribution in [0, 0.1) is 5.92 Å². The van der Waals surface area contributed by atoms with Crippen molar-refractivity contribution < 1.29 is 4.79 Å². The van der Waals surface area contributed by atoms with Gasteiger partial charge >= 0.3 is 0 Å². The van der Waals surface area contributed by atoms with E-state index in [1.54, 1.807) is 0 Å². The summed E-state index contributed by atoms with van der Waals surface area (Å²) in [5, 5.41) is 0.825. The summed E-state index contributed by atoms with van der Waals surface area (Å²) in [6, 6.07) is 8.01. The van der Waals surface area contributed by atoms with Crippen molar-refractivity contribution in [2.24, 2.45) is 11.7 Å². The van der Waals surface area contributed by atoms with Gasteiger partial charge in [-0.25, -0.2) is 0 Å². The van der Waals surface area contributed by atoms with Crippen LogP contribution in [-0.4, -0.2) is 30.4 Å². The molecule has 1 aliphatic rings. The highest BCUT2D eigenvalue weighted by Gasteiger charge is 2.38. The van der Waals surface area contributed by atoms with Gasteiger partial charge in [-0.3, -0.25) is 4.79 Å². The Bertz CT molecular complexity index is 479. The number of benzene rings is 1. The van der Waals surface area contributed by atoms with E-state index in [0.29, 0.717) is 0 Å². The fourth-order valence-corrected chi connectivity index (χ4v) is 3.42. The second-order valence-electron chi connectivity index (χ2n) is 6.06. The van der Waals surface area contributed by atoms with Crippen LogP contribution in [-0.2, 0) is 11.2 Å². The third-order valence-electron chi connectivity index (χ3n) is 4.74. The van der Waals surface area contributed by atoms with Gasteiger partial charge in [-0.2, -0.15) is 0 Å². The van der Waals surface area contributed by atoms with E-state index in [2.05, 4.69) is 25.1 Å². The van der Waals surface area contributed by atoms with E-state index in [1.807, 2.05) is 18.2 Å². The van der Waals surface area contributed by atoms with Crippen LogP contribution in [0.1, 0.15) is 31.2 Å². The normalized spacial score (nSPS) is 26.7. The summed E-state index contributed by atoms with van der Waals surface area (Å²) < 4.78 is 0. The predicted octanol–water partition coefficient (Wildman–Crippen LogP) is 2.86. The molecule has 0 aromatic heterocycles. The second-order valence-corrected chi connectivity index (χ2v) is 6.47. The SMILES string of the molecule is CN(C)C1(Cc2ccccc2Cl)CCC(C(N)=O)CC1. The number of hydrogen-bond acceptors (Lipinski definition) is 2. The molecule has 2 N–H and O–H groups in total. The van der Waals surface area contributed by atoms with Gasteiger partial charge in [0.05, 0.1) is 0 Å². The second kappa shape index (κ2) is 6.15. The Morgan fingerprint density at radius 2 is 1.95 bits per heavy atom. The van der Waals surface area contributed by atoms with Gasteiger partial charge in [0.25, 0.3) is 0 Å². The number of primary amides is 1. The molecule has 0 saturated heterocycles. The summed E-state index contributed by atoms with van der Waals surface area (Å²) in [7, 11) is 4.23. The first kappa shape index (κ1) is 15.3. The number of amides is 1. The maximum atomic E-state index is 11.3. The lowest BCUT2D eigenvalue weighted by molar-refractivity contribution is -0.123. The molecule has 1 saturated carbocycles. The van der Waals surface area contributed by atoms with E-state index >= 15 is 0 Å².